The van der Waals surface area contributed by atoms with Crippen LogP contribution in [0.1, 0.15) is 64.5 Å². The fourth-order valence-electron chi connectivity index (χ4n) is 4.99. The summed E-state index contributed by atoms with van der Waals surface area (Å²) in [4.78, 5) is 15.2. The lowest BCUT2D eigenvalue weighted by Crippen LogP contribution is -2.50. The molecule has 1 heterocycles. The van der Waals surface area contributed by atoms with Crippen molar-refractivity contribution in [3.05, 3.63) is 71.8 Å². The maximum atomic E-state index is 13.4. The van der Waals surface area contributed by atoms with Crippen LogP contribution in [0.4, 0.5) is 4.79 Å². The molecule has 0 saturated carbocycles. The molecule has 1 fully saturated rings. The molecule has 0 radical (unpaired) electrons. The van der Waals surface area contributed by atoms with Crippen LogP contribution in [-0.4, -0.2) is 49.5 Å². The number of likely N-dealkylation sites (tertiary alicyclic amines) is 1. The molecule has 1 saturated heterocycles. The lowest BCUT2D eigenvalue weighted by atomic mass is 9.82. The van der Waals surface area contributed by atoms with E-state index in [-0.39, 0.29) is 30.6 Å². The highest BCUT2D eigenvalue weighted by Crippen LogP contribution is 2.44. The predicted octanol–water partition coefficient (Wildman–Crippen LogP) is 5.59. The highest BCUT2D eigenvalue weighted by Gasteiger charge is 2.50. The quantitative estimate of drug-likeness (QED) is 0.476. The van der Waals surface area contributed by atoms with E-state index >= 15 is 0 Å². The molecule has 2 aromatic carbocycles. The van der Waals surface area contributed by atoms with Crippen LogP contribution in [0.2, 0.25) is 0 Å². The Balaban J connectivity index is 2.02. The van der Waals surface area contributed by atoms with Crippen molar-refractivity contribution in [1.29, 1.82) is 0 Å². The van der Waals surface area contributed by atoms with Crippen LogP contribution in [0.5, 0.6) is 0 Å². The van der Waals surface area contributed by atoms with E-state index in [0.29, 0.717) is 12.8 Å². The molecule has 1 aliphatic rings. The van der Waals surface area contributed by atoms with Gasteiger partial charge >= 0.3 is 6.09 Å². The monoisotopic (exact) mass is 487 g/mol. The third-order valence-corrected chi connectivity index (χ3v) is 6.82. The molecule has 0 N–H and O–H groups in total. The Kier molecular flexibility index (Phi) is 7.78. The molecule has 1 amide bonds. The number of hydrogen-bond donors (Lipinski definition) is 0. The van der Waals surface area contributed by atoms with Gasteiger partial charge in [-0.1, -0.05) is 60.7 Å². The van der Waals surface area contributed by atoms with Gasteiger partial charge in [0.05, 0.1) is 12.9 Å². The van der Waals surface area contributed by atoms with E-state index in [4.69, 9.17) is 8.92 Å². The number of carbonyl (C=O) groups excluding carboxylic acids is 1. The second kappa shape index (κ2) is 10.1. The largest absolute Gasteiger partial charge is 0.444 e. The van der Waals surface area contributed by atoms with Crippen LogP contribution in [0.3, 0.4) is 0 Å². The van der Waals surface area contributed by atoms with E-state index < -0.39 is 21.3 Å². The van der Waals surface area contributed by atoms with Gasteiger partial charge in [-0.05, 0) is 58.6 Å². The molecule has 6 nitrogen and oxygen atoms in total. The first-order valence-electron chi connectivity index (χ1n) is 11.7. The molecule has 2 aromatic rings. The van der Waals surface area contributed by atoms with Gasteiger partial charge in [0.2, 0.25) is 0 Å². The van der Waals surface area contributed by atoms with Crippen molar-refractivity contribution in [2.75, 3.05) is 12.9 Å². The Hall–Kier alpha value is -2.38. The van der Waals surface area contributed by atoms with Gasteiger partial charge in [0.25, 0.3) is 10.1 Å². The van der Waals surface area contributed by atoms with Crippen LogP contribution in [0.25, 0.3) is 0 Å². The minimum absolute atomic E-state index is 0.0203. The van der Waals surface area contributed by atoms with Crippen molar-refractivity contribution in [2.45, 2.75) is 70.6 Å². The van der Waals surface area contributed by atoms with E-state index in [1.54, 1.807) is 0 Å². The molecule has 2 unspecified atom stereocenters. The number of carbonyl (C=O) groups is 1. The first-order chi connectivity index (χ1) is 15.8. The van der Waals surface area contributed by atoms with Crippen molar-refractivity contribution < 1.29 is 22.1 Å². The smallest absolute Gasteiger partial charge is 0.410 e. The van der Waals surface area contributed by atoms with Crippen molar-refractivity contribution in [3.8, 4) is 0 Å². The third-order valence-electron chi connectivity index (χ3n) is 6.26. The zero-order chi connectivity index (χ0) is 25.1. The minimum atomic E-state index is -3.61. The number of rotatable bonds is 7. The number of ether oxygens (including phenoxy) is 1. The fourth-order valence-corrected chi connectivity index (χ4v) is 5.41. The van der Waals surface area contributed by atoms with Crippen molar-refractivity contribution in [1.82, 2.24) is 4.90 Å². The minimum Gasteiger partial charge on any atom is -0.444 e. The first kappa shape index (κ1) is 26.2. The molecule has 0 spiro atoms. The van der Waals surface area contributed by atoms with E-state index in [0.717, 1.165) is 17.4 Å². The Bertz CT molecular complexity index is 1020. The van der Waals surface area contributed by atoms with Gasteiger partial charge in [-0.25, -0.2) is 4.79 Å². The first-order valence-corrected chi connectivity index (χ1v) is 13.5. The summed E-state index contributed by atoms with van der Waals surface area (Å²) in [5, 5.41) is 0. The van der Waals surface area contributed by atoms with Crippen molar-refractivity contribution >= 4 is 16.2 Å². The number of hydrogen-bond acceptors (Lipinski definition) is 5. The summed E-state index contributed by atoms with van der Waals surface area (Å²) >= 11 is 0. The topological polar surface area (TPSA) is 72.9 Å². The van der Waals surface area contributed by atoms with Crippen LogP contribution in [-0.2, 0) is 19.0 Å². The second-order valence-corrected chi connectivity index (χ2v) is 12.4. The van der Waals surface area contributed by atoms with Crippen LogP contribution < -0.4 is 0 Å². The molecule has 0 bridgehead atoms. The number of amides is 1. The van der Waals surface area contributed by atoms with Gasteiger partial charge < -0.3 is 4.74 Å². The molecule has 0 aliphatic carbocycles. The van der Waals surface area contributed by atoms with Gasteiger partial charge in [0.15, 0.2) is 0 Å². The fraction of sp³-hybridized carbons (Fsp3) is 0.519. The summed E-state index contributed by atoms with van der Waals surface area (Å²) in [6.07, 6.45) is 1.91. The van der Waals surface area contributed by atoms with E-state index in [1.165, 1.54) is 0 Å². The molecule has 186 valence electrons. The second-order valence-electron chi connectivity index (χ2n) is 10.8. The summed E-state index contributed by atoms with van der Waals surface area (Å²) in [6.45, 7) is 9.59. The average Bonchev–Trinajstić information content (AvgIpc) is 2.99. The summed E-state index contributed by atoms with van der Waals surface area (Å²) in [5.41, 5.74) is 1.13. The number of benzene rings is 2. The average molecular weight is 488 g/mol. The lowest BCUT2D eigenvalue weighted by molar-refractivity contribution is 0.000644. The van der Waals surface area contributed by atoms with E-state index in [2.05, 4.69) is 24.3 Å². The molecule has 3 rings (SSSR count). The normalized spacial score (nSPS) is 20.5. The van der Waals surface area contributed by atoms with Crippen LogP contribution in [0.15, 0.2) is 60.7 Å². The van der Waals surface area contributed by atoms with Gasteiger partial charge in [-0.2, -0.15) is 8.42 Å². The molecule has 1 aliphatic heterocycles. The van der Waals surface area contributed by atoms with E-state index in [1.807, 2.05) is 75.9 Å². The van der Waals surface area contributed by atoms with Gasteiger partial charge in [0, 0.05) is 23.4 Å². The zero-order valence-corrected chi connectivity index (χ0v) is 21.8. The lowest BCUT2D eigenvalue weighted by Gasteiger charge is -2.38. The predicted molar refractivity (Wildman–Crippen MR) is 134 cm³/mol. The maximum absolute atomic E-state index is 13.4. The Morgan fingerprint density at radius 3 is 1.97 bits per heavy atom. The third kappa shape index (κ3) is 6.83. The number of nitrogens with zero attached hydrogens (tertiary/aromatic N) is 1. The highest BCUT2D eigenvalue weighted by atomic mass is 32.2. The van der Waals surface area contributed by atoms with Crippen LogP contribution in [0, 0.1) is 5.92 Å². The van der Waals surface area contributed by atoms with Gasteiger partial charge in [-0.15, -0.1) is 0 Å². The molecular weight excluding hydrogens is 450 g/mol. The van der Waals surface area contributed by atoms with Gasteiger partial charge in [0.1, 0.15) is 5.60 Å². The molecule has 7 heteroatoms. The Morgan fingerprint density at radius 1 is 1.03 bits per heavy atom. The Labute approximate surface area is 204 Å². The Morgan fingerprint density at radius 2 is 1.53 bits per heavy atom. The molecule has 34 heavy (non-hydrogen) atoms. The molecule has 2 atom stereocenters. The SMILES string of the molecule is CC(C)(C)OC(=O)N1C(CC(c2ccccc2)c2ccccc2)C(COS(C)(=O)=O)CC1(C)C. The zero-order valence-electron chi connectivity index (χ0n) is 21.0. The van der Waals surface area contributed by atoms with Crippen LogP contribution >= 0.6 is 0 Å². The summed E-state index contributed by atoms with van der Waals surface area (Å²) < 4.78 is 34.6. The highest BCUT2D eigenvalue weighted by molar-refractivity contribution is 7.85. The van der Waals surface area contributed by atoms with E-state index in [9.17, 15) is 13.2 Å². The summed E-state index contributed by atoms with van der Waals surface area (Å²) in [5.74, 6) is -0.140. The van der Waals surface area contributed by atoms with Crippen molar-refractivity contribution in [2.24, 2.45) is 5.92 Å². The molecular formula is C27H37NO5S. The molecule has 0 aromatic heterocycles. The summed E-state index contributed by atoms with van der Waals surface area (Å²) in [6, 6.07) is 20.1. The van der Waals surface area contributed by atoms with Crippen molar-refractivity contribution in [3.63, 3.8) is 0 Å². The van der Waals surface area contributed by atoms with Gasteiger partial charge in [-0.3, -0.25) is 9.08 Å². The summed E-state index contributed by atoms with van der Waals surface area (Å²) in [7, 11) is -3.61. The standard InChI is InChI=1S/C27H37NO5S/c1-26(2,3)33-25(29)28-24(22(18-27(28,4)5)19-32-34(6,30)31)17-23(20-13-9-7-10-14-20)21-15-11-8-12-16-21/h7-16,22-24H,17-19H2,1-6H3. The maximum Gasteiger partial charge on any atom is 0.410 e.